The molecular formula is C42H62N8O12S2. The number of carbonyl (C=O) groups excluding carboxylic acids is 8. The van der Waals surface area contributed by atoms with Crippen molar-refractivity contribution in [3.63, 3.8) is 0 Å². The third-order valence-corrected chi connectivity index (χ3v) is 16.9. The van der Waals surface area contributed by atoms with Gasteiger partial charge in [-0.05, 0) is 66.2 Å². The van der Waals surface area contributed by atoms with Crippen molar-refractivity contribution < 1.29 is 58.2 Å². The van der Waals surface area contributed by atoms with Crippen LogP contribution in [0.15, 0.2) is 0 Å². The van der Waals surface area contributed by atoms with Gasteiger partial charge in [0.2, 0.25) is 11.8 Å². The number of imide groups is 2. The summed E-state index contributed by atoms with van der Waals surface area (Å²) < 4.78 is -1.81. The van der Waals surface area contributed by atoms with E-state index in [0.717, 1.165) is 22.6 Å². The number of nitrogens with zero attached hydrogens (tertiary/aromatic N) is 4. The summed E-state index contributed by atoms with van der Waals surface area (Å²) in [4.78, 5) is 138. The van der Waals surface area contributed by atoms with E-state index in [0.29, 0.717) is 64.2 Å². The lowest BCUT2D eigenvalue weighted by Crippen LogP contribution is -2.75. The zero-order valence-electron chi connectivity index (χ0n) is 36.9. The Morgan fingerprint density at radius 3 is 1.19 bits per heavy atom. The molecule has 6 rings (SSSR count). The molecule has 4 heterocycles. The monoisotopic (exact) mass is 934 g/mol. The number of unbranched alkanes of at least 4 members (excludes halogenated alkanes) is 5. The van der Waals surface area contributed by atoms with Crippen LogP contribution >= 0.6 is 23.5 Å². The lowest BCUT2D eigenvalue weighted by Gasteiger charge is -2.50. The quantitative estimate of drug-likeness (QED) is 0.0903. The highest BCUT2D eigenvalue weighted by atomic mass is 32.2. The maximum atomic E-state index is 14.5. The molecule has 6 fully saturated rings. The van der Waals surface area contributed by atoms with E-state index in [1.807, 2.05) is 0 Å². The Morgan fingerprint density at radius 2 is 0.891 bits per heavy atom. The summed E-state index contributed by atoms with van der Waals surface area (Å²) in [6, 6.07) is -6.69. The van der Waals surface area contributed by atoms with Gasteiger partial charge in [-0.15, -0.1) is 23.5 Å². The first-order chi connectivity index (χ1) is 30.0. The maximum absolute atomic E-state index is 14.5. The van der Waals surface area contributed by atoms with E-state index in [-0.39, 0.29) is 38.5 Å². The van der Waals surface area contributed by atoms with Crippen molar-refractivity contribution in [2.45, 2.75) is 199 Å². The first-order valence-electron chi connectivity index (χ1n) is 22.4. The Bertz CT molecular complexity index is 1820. The van der Waals surface area contributed by atoms with Gasteiger partial charge >= 0.3 is 24.0 Å². The predicted octanol–water partition coefficient (Wildman–Crippen LogP) is 2.59. The highest BCUT2D eigenvalue weighted by Crippen LogP contribution is 2.54. The van der Waals surface area contributed by atoms with Gasteiger partial charge < -0.3 is 42.1 Å². The number of nitrogens with one attached hydrogen (secondary N) is 2. The molecule has 4 saturated heterocycles. The average Bonchev–Trinajstić information content (AvgIpc) is 3.62. The zero-order valence-corrected chi connectivity index (χ0v) is 38.6. The molecule has 0 unspecified atom stereocenters. The Labute approximate surface area is 380 Å². The Hall–Kier alpha value is -4.60. The molecule has 64 heavy (non-hydrogen) atoms. The minimum Gasteiger partial charge on any atom is -0.480 e. The summed E-state index contributed by atoms with van der Waals surface area (Å²) in [6.45, 7) is 6.79. The number of urea groups is 2. The Balaban J connectivity index is 1.08. The molecule has 354 valence electrons. The smallest absolute Gasteiger partial charge is 0.327 e. The molecule has 2 saturated carbocycles. The molecule has 8 N–H and O–H groups in total. The zero-order chi connectivity index (χ0) is 47.1. The van der Waals surface area contributed by atoms with Crippen molar-refractivity contribution in [2.75, 3.05) is 0 Å². The summed E-state index contributed by atoms with van der Waals surface area (Å²) in [7, 11) is 0. The summed E-state index contributed by atoms with van der Waals surface area (Å²) in [6.07, 6.45) is 7.65. The minimum absolute atomic E-state index is 0.104. The molecule has 0 radical (unpaired) electrons. The first kappa shape index (κ1) is 48.8. The van der Waals surface area contributed by atoms with Gasteiger partial charge in [-0.25, -0.2) is 19.2 Å². The van der Waals surface area contributed by atoms with Crippen LogP contribution in [0.3, 0.4) is 0 Å². The predicted molar refractivity (Wildman–Crippen MR) is 233 cm³/mol. The normalized spacial score (nSPS) is 28.1. The molecule has 20 nitrogen and oxygen atoms in total. The van der Waals surface area contributed by atoms with Crippen LogP contribution in [0.2, 0.25) is 0 Å². The molecule has 2 aliphatic carbocycles. The fraction of sp³-hybridized carbons (Fsp3) is 0.762. The van der Waals surface area contributed by atoms with Gasteiger partial charge in [0, 0.05) is 22.3 Å². The van der Waals surface area contributed by atoms with E-state index in [1.165, 1.54) is 33.3 Å². The molecule has 0 spiro atoms. The summed E-state index contributed by atoms with van der Waals surface area (Å²) in [5.41, 5.74) is 8.06. The molecular weight excluding hydrogens is 873 g/mol. The molecule has 6 aliphatic rings. The number of nitrogens with two attached hydrogens (primary N) is 2. The van der Waals surface area contributed by atoms with Crippen molar-refractivity contribution in [1.29, 1.82) is 0 Å². The van der Waals surface area contributed by atoms with E-state index in [9.17, 15) is 58.2 Å². The number of rotatable bonds is 17. The standard InChI is InChI=1S/C42H62N8O12S2/c1-39(2)27(33(55)56)49-29(53)25(31(49)63-39)47(35(59)41(45-37(43)61)19-13-9-14-20-41)23(51)17-11-7-5-6-8-12-18-24(52)48(36(60)42(46-38(44)62)21-15-10-16-22-42)26-30(54)50-28(34(57)58)40(3,4)64-32(26)50/h25-28,31-32H,5-22H2,1-4H3,(H,55,56)(H,57,58)(H3,43,45,61)(H3,44,46,62)/t25-,26-,27+,28+,31-,32-/m1/s1. The number of carboxylic acid groups (broad SMARTS) is 2. The van der Waals surface area contributed by atoms with Crippen LogP contribution in [0.4, 0.5) is 9.59 Å². The number of hydrogen-bond donors (Lipinski definition) is 6. The number of carbonyl (C=O) groups is 10. The number of amides is 10. The van der Waals surface area contributed by atoms with Gasteiger partial charge in [0.1, 0.15) is 46.0 Å². The molecule has 0 aromatic heterocycles. The highest BCUT2D eigenvalue weighted by molar-refractivity contribution is 8.02. The highest BCUT2D eigenvalue weighted by Gasteiger charge is 2.69. The number of primary amides is 2. The Kier molecular flexibility index (Phi) is 14.3. The van der Waals surface area contributed by atoms with Crippen LogP contribution < -0.4 is 22.1 Å². The maximum Gasteiger partial charge on any atom is 0.327 e. The van der Waals surface area contributed by atoms with E-state index >= 15 is 0 Å². The van der Waals surface area contributed by atoms with Crippen LogP contribution in [0.5, 0.6) is 0 Å². The van der Waals surface area contributed by atoms with Crippen molar-refractivity contribution in [1.82, 2.24) is 30.2 Å². The van der Waals surface area contributed by atoms with Gasteiger partial charge in [-0.1, -0.05) is 64.2 Å². The molecule has 6 atom stereocenters. The van der Waals surface area contributed by atoms with Gasteiger partial charge in [-0.2, -0.15) is 0 Å². The number of β-lactam (4-membered cyclic amide) rings is 2. The summed E-state index contributed by atoms with van der Waals surface area (Å²) in [5, 5.41) is 23.6. The molecule has 0 aromatic rings. The van der Waals surface area contributed by atoms with E-state index in [1.54, 1.807) is 27.7 Å². The second-order valence-corrected chi connectivity index (χ2v) is 22.7. The number of hydrogen-bond acceptors (Lipinski definition) is 12. The van der Waals surface area contributed by atoms with Crippen molar-refractivity contribution >= 4 is 83.0 Å². The van der Waals surface area contributed by atoms with Crippen LogP contribution in [-0.4, -0.2) is 145 Å². The van der Waals surface area contributed by atoms with Gasteiger partial charge in [0.15, 0.2) is 0 Å². The van der Waals surface area contributed by atoms with E-state index < -0.39 is 115 Å². The number of aliphatic carboxylic acids is 2. The van der Waals surface area contributed by atoms with Gasteiger partial charge in [-0.3, -0.25) is 38.6 Å². The third kappa shape index (κ3) is 9.00. The van der Waals surface area contributed by atoms with Crippen molar-refractivity contribution in [3.05, 3.63) is 0 Å². The number of thioether (sulfide) groups is 2. The fourth-order valence-corrected chi connectivity index (χ4v) is 14.1. The third-order valence-electron chi connectivity index (χ3n) is 13.8. The van der Waals surface area contributed by atoms with Crippen LogP contribution in [0.1, 0.15) is 143 Å². The second-order valence-electron chi connectivity index (χ2n) is 19.1. The lowest BCUT2D eigenvalue weighted by atomic mass is 9.79. The van der Waals surface area contributed by atoms with E-state index in [2.05, 4.69) is 10.6 Å². The molecule has 4 aliphatic heterocycles. The largest absolute Gasteiger partial charge is 0.480 e. The number of carboxylic acids is 2. The second kappa shape index (κ2) is 18.7. The molecule has 0 aromatic carbocycles. The van der Waals surface area contributed by atoms with Crippen LogP contribution in [0.25, 0.3) is 0 Å². The van der Waals surface area contributed by atoms with Crippen molar-refractivity contribution in [3.8, 4) is 0 Å². The van der Waals surface area contributed by atoms with E-state index in [4.69, 9.17) is 11.5 Å². The van der Waals surface area contributed by atoms with Crippen LogP contribution in [0, 0.1) is 0 Å². The summed E-state index contributed by atoms with van der Waals surface area (Å²) >= 11 is 2.42. The SMILES string of the molecule is CC1(C)S[C@@H]2[C@H](N(C(=O)CCCCCCCCC(=O)N(C(=O)C3(NC(N)=O)CCCCC3)[C@@H]3C(=O)N4[C@@H]3SC(C)(C)[C@@H]4C(=O)O)C(=O)C3(NC(N)=O)CCCCC3)C(=O)N2[C@H]1C(=O)O. The van der Waals surface area contributed by atoms with Crippen molar-refractivity contribution in [2.24, 2.45) is 11.5 Å². The molecule has 10 amide bonds. The molecule has 0 bridgehead atoms. The lowest BCUT2D eigenvalue weighted by molar-refractivity contribution is -0.174. The fourth-order valence-electron chi connectivity index (χ4n) is 10.8. The summed E-state index contributed by atoms with van der Waals surface area (Å²) in [5.74, 6) is -6.36. The van der Waals surface area contributed by atoms with Crippen LogP contribution in [-0.2, 0) is 38.4 Å². The van der Waals surface area contributed by atoms with Gasteiger partial charge in [0.25, 0.3) is 23.6 Å². The number of fused-ring (bicyclic) bond motifs is 2. The first-order valence-corrected chi connectivity index (χ1v) is 24.1. The molecule has 22 heteroatoms. The topological polar surface area (TPSA) is 300 Å². The van der Waals surface area contributed by atoms with Gasteiger partial charge in [0.05, 0.1) is 0 Å². The Morgan fingerprint density at radius 1 is 0.578 bits per heavy atom. The minimum atomic E-state index is -1.49. The average molecular weight is 935 g/mol.